The van der Waals surface area contributed by atoms with E-state index in [4.69, 9.17) is 21.8 Å². The van der Waals surface area contributed by atoms with Gasteiger partial charge in [-0.15, -0.1) is 0 Å². The van der Waals surface area contributed by atoms with Crippen LogP contribution in [0.4, 0.5) is 0 Å². The summed E-state index contributed by atoms with van der Waals surface area (Å²) in [6.07, 6.45) is 8.25. The number of rotatable bonds is 3. The van der Waals surface area contributed by atoms with Crippen LogP contribution in [-0.4, -0.2) is 12.1 Å². The fourth-order valence-corrected chi connectivity index (χ4v) is 1.77. The monoisotopic (exact) mass is 294 g/mol. The molecule has 1 N–H and O–H groups in total. The van der Waals surface area contributed by atoms with Crippen molar-refractivity contribution >= 4 is 23.7 Å². The molecule has 0 spiro atoms. The van der Waals surface area contributed by atoms with Gasteiger partial charge in [0.25, 0.3) is 0 Å². The van der Waals surface area contributed by atoms with Crippen LogP contribution in [0.5, 0.6) is 0 Å². The average molecular weight is 295 g/mol. The van der Waals surface area contributed by atoms with Gasteiger partial charge in [-0.3, -0.25) is 5.41 Å². The van der Waals surface area contributed by atoms with Gasteiger partial charge in [-0.2, -0.15) is 0 Å². The van der Waals surface area contributed by atoms with Crippen LogP contribution in [0, 0.1) is 16.7 Å². The fourth-order valence-electron chi connectivity index (χ4n) is 1.54. The van der Waals surface area contributed by atoms with E-state index in [0.717, 1.165) is 5.57 Å². The van der Waals surface area contributed by atoms with Crippen LogP contribution in [0.2, 0.25) is 0 Å². The Morgan fingerprint density at radius 1 is 1.45 bits per heavy atom. The van der Waals surface area contributed by atoms with Gasteiger partial charge in [-0.1, -0.05) is 63.5 Å². The second-order valence-corrected chi connectivity index (χ2v) is 6.70. The summed E-state index contributed by atoms with van der Waals surface area (Å²) in [5, 5.41) is 12.5. The van der Waals surface area contributed by atoms with Gasteiger partial charge in [0.15, 0.2) is 0 Å². The third kappa shape index (κ3) is 5.33. The van der Waals surface area contributed by atoms with Crippen LogP contribution in [0.25, 0.3) is 0 Å². The molecule has 0 heterocycles. The molecule has 0 aliphatic heterocycles. The number of nitrogens with zero attached hydrogens (tertiary/aromatic N) is 1. The predicted octanol–water partition coefficient (Wildman–Crippen LogP) is 5.05. The second kappa shape index (κ2) is 6.89. The quantitative estimate of drug-likeness (QED) is 0.442. The van der Waals surface area contributed by atoms with Crippen LogP contribution < -0.4 is 0 Å². The Hall–Kier alpha value is -1.35. The first-order valence-corrected chi connectivity index (χ1v) is 7.16. The normalized spacial score (nSPS) is 16.6. The molecule has 0 bridgehead atoms. The number of nitrogens with one attached hydrogen (secondary N) is 1. The Kier molecular flexibility index (Phi) is 5.75. The summed E-state index contributed by atoms with van der Waals surface area (Å²) in [4.78, 5) is 5.15. The third-order valence-electron chi connectivity index (χ3n) is 2.71. The van der Waals surface area contributed by atoms with Gasteiger partial charge in [-0.05, 0) is 17.6 Å². The van der Waals surface area contributed by atoms with Crippen molar-refractivity contribution in [2.75, 3.05) is 0 Å². The number of oxime groups is 1. The van der Waals surface area contributed by atoms with Crippen molar-refractivity contribution in [2.45, 2.75) is 41.0 Å². The predicted molar refractivity (Wildman–Crippen MR) is 86.3 cm³/mol. The molecular weight excluding hydrogens is 272 g/mol. The van der Waals surface area contributed by atoms with Crippen molar-refractivity contribution < 1.29 is 4.84 Å². The smallest absolute Gasteiger partial charge is 0.249 e. The van der Waals surface area contributed by atoms with Crippen molar-refractivity contribution in [3.63, 3.8) is 0 Å². The van der Waals surface area contributed by atoms with E-state index in [-0.39, 0.29) is 11.3 Å². The highest BCUT2D eigenvalue weighted by molar-refractivity contribution is 6.32. The molecular formula is C16H23ClN2O. The highest BCUT2D eigenvalue weighted by atomic mass is 35.5. The zero-order valence-corrected chi connectivity index (χ0v) is 13.6. The number of hydrogen-bond donors (Lipinski definition) is 1. The summed E-state index contributed by atoms with van der Waals surface area (Å²) in [7, 11) is 0. The molecule has 1 aliphatic rings. The van der Waals surface area contributed by atoms with E-state index >= 15 is 0 Å². The minimum atomic E-state index is -0.0810. The van der Waals surface area contributed by atoms with Gasteiger partial charge in [0.05, 0.1) is 5.57 Å². The highest BCUT2D eigenvalue weighted by Crippen LogP contribution is 2.25. The van der Waals surface area contributed by atoms with Gasteiger partial charge < -0.3 is 4.84 Å². The SMILES string of the molecule is CC(C)C1=CC(C(=N)O/N=C/C(C)(C)C)=C(Cl)CC=C1. The lowest BCUT2D eigenvalue weighted by molar-refractivity contribution is 0.322. The van der Waals surface area contributed by atoms with Crippen LogP contribution in [0.3, 0.4) is 0 Å². The lowest BCUT2D eigenvalue weighted by Crippen LogP contribution is -2.09. The second-order valence-electron chi connectivity index (χ2n) is 6.25. The maximum Gasteiger partial charge on any atom is 0.249 e. The van der Waals surface area contributed by atoms with Crippen molar-refractivity contribution in [3.8, 4) is 0 Å². The topological polar surface area (TPSA) is 45.4 Å². The van der Waals surface area contributed by atoms with Gasteiger partial charge in [0, 0.05) is 23.1 Å². The van der Waals surface area contributed by atoms with E-state index in [1.165, 1.54) is 0 Å². The number of hydrogen-bond acceptors (Lipinski definition) is 3. The van der Waals surface area contributed by atoms with E-state index in [1.54, 1.807) is 6.21 Å². The van der Waals surface area contributed by atoms with Crippen molar-refractivity contribution in [1.29, 1.82) is 5.41 Å². The van der Waals surface area contributed by atoms with Crippen molar-refractivity contribution in [1.82, 2.24) is 0 Å². The van der Waals surface area contributed by atoms with E-state index in [1.807, 2.05) is 39.0 Å². The van der Waals surface area contributed by atoms with Gasteiger partial charge >= 0.3 is 0 Å². The lowest BCUT2D eigenvalue weighted by Gasteiger charge is -2.11. The maximum absolute atomic E-state index is 8.00. The fraction of sp³-hybridized carbons (Fsp3) is 0.500. The molecule has 4 heteroatoms. The van der Waals surface area contributed by atoms with E-state index < -0.39 is 0 Å². The zero-order chi connectivity index (χ0) is 15.3. The molecule has 1 aliphatic carbocycles. The van der Waals surface area contributed by atoms with Crippen LogP contribution in [0.15, 0.2) is 39.6 Å². The number of halogens is 1. The number of allylic oxidation sites excluding steroid dienone is 4. The first-order valence-electron chi connectivity index (χ1n) is 6.78. The molecule has 0 aromatic heterocycles. The van der Waals surface area contributed by atoms with Crippen LogP contribution >= 0.6 is 11.6 Å². The minimum Gasteiger partial charge on any atom is -0.337 e. The van der Waals surface area contributed by atoms with Crippen molar-refractivity contribution in [2.24, 2.45) is 16.5 Å². The molecule has 0 unspecified atom stereocenters. The Morgan fingerprint density at radius 2 is 2.10 bits per heavy atom. The molecule has 0 aromatic rings. The van der Waals surface area contributed by atoms with Crippen molar-refractivity contribution in [3.05, 3.63) is 34.4 Å². The summed E-state index contributed by atoms with van der Waals surface area (Å²) in [6, 6.07) is 0. The van der Waals surface area contributed by atoms with E-state index in [0.29, 0.717) is 22.9 Å². The summed E-state index contributed by atoms with van der Waals surface area (Å²) in [5.41, 5.74) is 1.65. The first kappa shape index (κ1) is 16.7. The summed E-state index contributed by atoms with van der Waals surface area (Å²) >= 11 is 6.23. The van der Waals surface area contributed by atoms with Crippen LogP contribution in [0.1, 0.15) is 41.0 Å². The molecule has 0 fully saturated rings. The molecule has 0 atom stereocenters. The molecule has 20 heavy (non-hydrogen) atoms. The van der Waals surface area contributed by atoms with Gasteiger partial charge in [0.1, 0.15) is 0 Å². The average Bonchev–Trinajstić information content (AvgIpc) is 2.49. The first-order chi connectivity index (χ1) is 9.20. The Labute approximate surface area is 126 Å². The molecule has 0 amide bonds. The molecule has 0 saturated carbocycles. The standard InChI is InChI=1S/C16H23ClN2O/c1-11(2)12-7-6-8-14(17)13(9-12)15(18)20-19-10-16(3,4)5/h6-7,9-11,18H,8H2,1-5H3/b18-15?,19-10+. The molecule has 3 nitrogen and oxygen atoms in total. The Morgan fingerprint density at radius 3 is 2.65 bits per heavy atom. The molecule has 0 radical (unpaired) electrons. The van der Waals surface area contributed by atoms with Crippen LogP contribution in [-0.2, 0) is 4.84 Å². The Balaban J connectivity index is 2.90. The minimum absolute atomic E-state index is 0.0163. The lowest BCUT2D eigenvalue weighted by atomic mass is 9.99. The molecule has 0 aromatic carbocycles. The Bertz CT molecular complexity index is 491. The largest absolute Gasteiger partial charge is 0.337 e. The van der Waals surface area contributed by atoms with Gasteiger partial charge in [0.2, 0.25) is 5.90 Å². The maximum atomic E-state index is 8.00. The van der Waals surface area contributed by atoms with E-state index in [2.05, 4.69) is 19.0 Å². The van der Waals surface area contributed by atoms with E-state index in [9.17, 15) is 0 Å². The molecule has 110 valence electrons. The summed E-state index contributed by atoms with van der Waals surface area (Å²) < 4.78 is 0. The highest BCUT2D eigenvalue weighted by Gasteiger charge is 2.15. The molecule has 1 rings (SSSR count). The summed E-state index contributed by atoms with van der Waals surface area (Å²) in [5.74, 6) is 0.354. The van der Waals surface area contributed by atoms with Gasteiger partial charge in [-0.25, -0.2) is 0 Å². The summed E-state index contributed by atoms with van der Waals surface area (Å²) in [6.45, 7) is 10.3. The molecule has 0 saturated heterocycles. The third-order valence-corrected chi connectivity index (χ3v) is 3.06. The zero-order valence-electron chi connectivity index (χ0n) is 12.8.